The number of hydrogen-bond acceptors (Lipinski definition) is 1. The minimum Gasteiger partial charge on any atom is -0.361 e. The molecule has 0 aliphatic carbocycles. The van der Waals surface area contributed by atoms with E-state index in [1.54, 1.807) is 0 Å². The molecule has 0 amide bonds. The monoisotopic (exact) mass is 201 g/mol. The Kier molecular flexibility index (Phi) is 2.58. The highest BCUT2D eigenvalue weighted by Crippen LogP contribution is 2.19. The van der Waals surface area contributed by atoms with Gasteiger partial charge in [0.2, 0.25) is 0 Å². The second-order valence-electron chi connectivity index (χ2n) is 4.27. The van der Waals surface area contributed by atoms with Crippen LogP contribution in [0.5, 0.6) is 0 Å². The van der Waals surface area contributed by atoms with Gasteiger partial charge in [-0.05, 0) is 18.1 Å². The molecule has 2 nitrogen and oxygen atoms in total. The minimum absolute atomic E-state index is 0.220. The molecular weight excluding hydrogens is 186 g/mol. The lowest BCUT2D eigenvalue weighted by Gasteiger charge is -2.05. The largest absolute Gasteiger partial charge is 0.361 e. The molecule has 78 valence electrons. The zero-order valence-corrected chi connectivity index (χ0v) is 9.08. The number of nitrogens with one attached hydrogen (secondary N) is 1. The highest BCUT2D eigenvalue weighted by Gasteiger charge is 2.11. The van der Waals surface area contributed by atoms with Gasteiger partial charge < -0.3 is 4.98 Å². The maximum atomic E-state index is 11.9. The van der Waals surface area contributed by atoms with E-state index in [4.69, 9.17) is 0 Å². The Hall–Kier alpha value is -1.57. The van der Waals surface area contributed by atoms with Crippen molar-refractivity contribution in [3.05, 3.63) is 36.0 Å². The highest BCUT2D eigenvalue weighted by molar-refractivity contribution is 6.06. The zero-order valence-electron chi connectivity index (χ0n) is 9.08. The van der Waals surface area contributed by atoms with Gasteiger partial charge in [0.1, 0.15) is 0 Å². The molecule has 0 fully saturated rings. The first-order chi connectivity index (χ1) is 7.18. The molecule has 0 radical (unpaired) electrons. The van der Waals surface area contributed by atoms with Crippen LogP contribution in [-0.2, 0) is 0 Å². The molecule has 0 bridgehead atoms. The lowest BCUT2D eigenvalue weighted by molar-refractivity contribution is 0.0969. The summed E-state index contributed by atoms with van der Waals surface area (Å²) in [5.74, 6) is 0.626. The molecule has 0 spiro atoms. The standard InChI is InChI=1S/C13H15NO/c1-9(2)8-12(15)11-5-3-4-10-6-7-14-13(10)11/h3-7,9,14H,8H2,1-2H3. The van der Waals surface area contributed by atoms with Gasteiger partial charge in [0, 0.05) is 23.6 Å². The third-order valence-corrected chi connectivity index (χ3v) is 2.48. The first kappa shape index (κ1) is 9.97. The van der Waals surface area contributed by atoms with Gasteiger partial charge in [-0.25, -0.2) is 0 Å². The second-order valence-corrected chi connectivity index (χ2v) is 4.27. The molecule has 1 aromatic carbocycles. The van der Waals surface area contributed by atoms with E-state index in [1.807, 2.05) is 30.5 Å². The number of benzene rings is 1. The SMILES string of the molecule is CC(C)CC(=O)c1cccc2cc[nH]c12. The molecule has 2 rings (SSSR count). The number of aromatic nitrogens is 1. The highest BCUT2D eigenvalue weighted by atomic mass is 16.1. The zero-order chi connectivity index (χ0) is 10.8. The van der Waals surface area contributed by atoms with Crippen molar-refractivity contribution in [1.82, 2.24) is 4.98 Å². The summed E-state index contributed by atoms with van der Waals surface area (Å²) in [5, 5.41) is 1.10. The van der Waals surface area contributed by atoms with Crippen LogP contribution in [0.3, 0.4) is 0 Å². The quantitative estimate of drug-likeness (QED) is 0.758. The van der Waals surface area contributed by atoms with Crippen LogP contribution in [0.25, 0.3) is 10.9 Å². The Morgan fingerprint density at radius 3 is 2.87 bits per heavy atom. The summed E-state index contributed by atoms with van der Waals surface area (Å²) in [5.41, 5.74) is 1.77. The number of hydrogen-bond donors (Lipinski definition) is 1. The second kappa shape index (κ2) is 3.89. The van der Waals surface area contributed by atoms with Gasteiger partial charge in [0.25, 0.3) is 0 Å². The average Bonchev–Trinajstić information content (AvgIpc) is 2.63. The fraction of sp³-hybridized carbons (Fsp3) is 0.308. The van der Waals surface area contributed by atoms with E-state index in [9.17, 15) is 4.79 Å². The molecule has 0 saturated carbocycles. The molecule has 1 aromatic heterocycles. The van der Waals surface area contributed by atoms with E-state index < -0.39 is 0 Å². The predicted molar refractivity (Wildman–Crippen MR) is 62.1 cm³/mol. The van der Waals surface area contributed by atoms with Crippen molar-refractivity contribution in [2.24, 2.45) is 5.92 Å². The molecule has 0 aliphatic rings. The number of rotatable bonds is 3. The van der Waals surface area contributed by atoms with Gasteiger partial charge in [-0.2, -0.15) is 0 Å². The number of Topliss-reactive ketones (excluding diaryl/α,β-unsaturated/α-hetero) is 1. The minimum atomic E-state index is 0.220. The van der Waals surface area contributed by atoms with Crippen LogP contribution in [-0.4, -0.2) is 10.8 Å². The third kappa shape index (κ3) is 1.94. The topological polar surface area (TPSA) is 32.9 Å². The number of carbonyl (C=O) groups excluding carboxylic acids is 1. The van der Waals surface area contributed by atoms with E-state index >= 15 is 0 Å². The fourth-order valence-corrected chi connectivity index (χ4v) is 1.80. The first-order valence-corrected chi connectivity index (χ1v) is 5.28. The average molecular weight is 201 g/mol. The van der Waals surface area contributed by atoms with Crippen LogP contribution in [0.1, 0.15) is 30.6 Å². The molecule has 2 aromatic rings. The molecule has 2 heteroatoms. The van der Waals surface area contributed by atoms with Gasteiger partial charge in [-0.1, -0.05) is 26.0 Å². The summed E-state index contributed by atoms with van der Waals surface area (Å²) in [7, 11) is 0. The predicted octanol–water partition coefficient (Wildman–Crippen LogP) is 3.40. The van der Waals surface area contributed by atoms with Crippen LogP contribution in [0.4, 0.5) is 0 Å². The van der Waals surface area contributed by atoms with E-state index in [2.05, 4.69) is 18.8 Å². The van der Waals surface area contributed by atoms with Crippen molar-refractivity contribution >= 4 is 16.7 Å². The molecule has 15 heavy (non-hydrogen) atoms. The van der Waals surface area contributed by atoms with Gasteiger partial charge in [-0.3, -0.25) is 4.79 Å². The van der Waals surface area contributed by atoms with Crippen molar-refractivity contribution in [3.63, 3.8) is 0 Å². The molecule has 0 unspecified atom stereocenters. The lowest BCUT2D eigenvalue weighted by Crippen LogP contribution is -2.04. The summed E-state index contributed by atoms with van der Waals surface area (Å²) in [6.07, 6.45) is 2.48. The first-order valence-electron chi connectivity index (χ1n) is 5.28. The molecule has 0 saturated heterocycles. The summed E-state index contributed by atoms with van der Waals surface area (Å²) < 4.78 is 0. The summed E-state index contributed by atoms with van der Waals surface area (Å²) in [4.78, 5) is 15.1. The maximum Gasteiger partial charge on any atom is 0.165 e. The Morgan fingerprint density at radius 1 is 1.33 bits per heavy atom. The Labute approximate surface area is 89.3 Å². The Bertz CT molecular complexity index is 482. The van der Waals surface area contributed by atoms with Crippen LogP contribution in [0.15, 0.2) is 30.5 Å². The van der Waals surface area contributed by atoms with Crippen molar-refractivity contribution in [3.8, 4) is 0 Å². The van der Waals surface area contributed by atoms with E-state index in [1.165, 1.54) is 0 Å². The van der Waals surface area contributed by atoms with Crippen molar-refractivity contribution in [2.45, 2.75) is 20.3 Å². The van der Waals surface area contributed by atoms with E-state index in [0.717, 1.165) is 16.5 Å². The summed E-state index contributed by atoms with van der Waals surface area (Å²) >= 11 is 0. The smallest absolute Gasteiger partial charge is 0.165 e. The van der Waals surface area contributed by atoms with Gasteiger partial charge in [0.15, 0.2) is 5.78 Å². The maximum absolute atomic E-state index is 11.9. The number of H-pyrrole nitrogens is 1. The molecular formula is C13H15NO. The van der Waals surface area contributed by atoms with Crippen molar-refractivity contribution in [2.75, 3.05) is 0 Å². The fourth-order valence-electron chi connectivity index (χ4n) is 1.80. The Morgan fingerprint density at radius 2 is 2.13 bits per heavy atom. The van der Waals surface area contributed by atoms with E-state index in [0.29, 0.717) is 12.3 Å². The van der Waals surface area contributed by atoms with Gasteiger partial charge in [-0.15, -0.1) is 0 Å². The number of carbonyl (C=O) groups is 1. The summed E-state index contributed by atoms with van der Waals surface area (Å²) in [6.45, 7) is 4.12. The number of ketones is 1. The van der Waals surface area contributed by atoms with Crippen LogP contribution in [0.2, 0.25) is 0 Å². The molecule has 0 atom stereocenters. The van der Waals surface area contributed by atoms with Gasteiger partial charge in [0.05, 0.1) is 5.52 Å². The van der Waals surface area contributed by atoms with Crippen molar-refractivity contribution in [1.29, 1.82) is 0 Å². The van der Waals surface area contributed by atoms with Gasteiger partial charge >= 0.3 is 0 Å². The summed E-state index contributed by atoms with van der Waals surface area (Å²) in [6, 6.07) is 7.83. The lowest BCUT2D eigenvalue weighted by atomic mass is 10.00. The third-order valence-electron chi connectivity index (χ3n) is 2.48. The van der Waals surface area contributed by atoms with Crippen LogP contribution >= 0.6 is 0 Å². The molecule has 1 N–H and O–H groups in total. The normalized spacial score (nSPS) is 11.1. The number of para-hydroxylation sites is 1. The number of aromatic amines is 1. The molecule has 0 aliphatic heterocycles. The molecule has 1 heterocycles. The van der Waals surface area contributed by atoms with Crippen molar-refractivity contribution < 1.29 is 4.79 Å². The van der Waals surface area contributed by atoms with Crippen LogP contribution < -0.4 is 0 Å². The van der Waals surface area contributed by atoms with E-state index in [-0.39, 0.29) is 5.78 Å². The Balaban J connectivity index is 2.42. The van der Waals surface area contributed by atoms with Crippen LogP contribution in [0, 0.1) is 5.92 Å². The number of fused-ring (bicyclic) bond motifs is 1.